The Hall–Kier alpha value is -3.37. The van der Waals surface area contributed by atoms with Crippen LogP contribution in [0.2, 0.25) is 5.02 Å². The van der Waals surface area contributed by atoms with Crippen LogP contribution in [-0.4, -0.2) is 16.7 Å². The molecule has 4 nitrogen and oxygen atoms in total. The minimum absolute atomic E-state index is 0.334. The van der Waals surface area contributed by atoms with E-state index in [9.17, 15) is 4.79 Å². The van der Waals surface area contributed by atoms with Crippen molar-refractivity contribution < 1.29 is 4.79 Å². The van der Waals surface area contributed by atoms with Crippen LogP contribution in [0.1, 0.15) is 27.0 Å². The molecule has 0 saturated carbocycles. The number of carbonyl (C=O) groups excluding carboxylic acids is 1. The third kappa shape index (κ3) is 4.23. The quantitative estimate of drug-likeness (QED) is 0.352. The van der Waals surface area contributed by atoms with E-state index in [1.807, 2.05) is 49.5 Å². The van der Waals surface area contributed by atoms with Gasteiger partial charge in [0, 0.05) is 29.2 Å². The van der Waals surface area contributed by atoms with Gasteiger partial charge in [-0.25, -0.2) is 5.43 Å². The van der Waals surface area contributed by atoms with Gasteiger partial charge in [0.1, 0.15) is 0 Å². The van der Waals surface area contributed by atoms with E-state index in [1.54, 1.807) is 18.3 Å². The summed E-state index contributed by atoms with van der Waals surface area (Å²) in [6.45, 7) is 2.69. The van der Waals surface area contributed by atoms with Crippen LogP contribution in [-0.2, 0) is 6.54 Å². The van der Waals surface area contributed by atoms with Crippen molar-refractivity contribution in [3.8, 4) is 0 Å². The molecule has 0 aliphatic heterocycles. The maximum Gasteiger partial charge on any atom is 0.272 e. The molecule has 0 saturated heterocycles. The van der Waals surface area contributed by atoms with Gasteiger partial charge in [-0.15, -0.1) is 0 Å². The lowest BCUT2D eigenvalue weighted by molar-refractivity contribution is 0.0955. The Morgan fingerprint density at radius 1 is 1.07 bits per heavy atom. The highest BCUT2D eigenvalue weighted by Gasteiger charge is 2.10. The average Bonchev–Trinajstić information content (AvgIpc) is 3.06. The highest BCUT2D eigenvalue weighted by molar-refractivity contribution is 6.33. The van der Waals surface area contributed by atoms with E-state index < -0.39 is 0 Å². The topological polar surface area (TPSA) is 46.4 Å². The number of hydrogen-bond acceptors (Lipinski definition) is 2. The first kappa shape index (κ1) is 19.0. The fourth-order valence-electron chi connectivity index (χ4n) is 3.31. The number of fused-ring (bicyclic) bond motifs is 1. The second-order valence-corrected chi connectivity index (χ2v) is 7.30. The van der Waals surface area contributed by atoms with E-state index in [0.29, 0.717) is 10.6 Å². The fourth-order valence-corrected chi connectivity index (χ4v) is 3.63. The summed E-state index contributed by atoms with van der Waals surface area (Å²) in [4.78, 5) is 12.4. The van der Waals surface area contributed by atoms with Gasteiger partial charge < -0.3 is 4.57 Å². The van der Waals surface area contributed by atoms with Crippen LogP contribution >= 0.6 is 11.6 Å². The Kier molecular flexibility index (Phi) is 5.45. The molecule has 0 spiro atoms. The maximum atomic E-state index is 12.4. The van der Waals surface area contributed by atoms with Crippen molar-refractivity contribution in [3.63, 3.8) is 0 Å². The lowest BCUT2D eigenvalue weighted by Gasteiger charge is -2.05. The summed E-state index contributed by atoms with van der Waals surface area (Å²) >= 11 is 6.16. The highest BCUT2D eigenvalue weighted by atomic mass is 35.5. The predicted octanol–water partition coefficient (Wildman–Crippen LogP) is 5.42. The van der Waals surface area contributed by atoms with Crippen molar-refractivity contribution in [3.05, 3.63) is 106 Å². The van der Waals surface area contributed by atoms with Gasteiger partial charge in [0.25, 0.3) is 5.91 Å². The second kappa shape index (κ2) is 8.33. The number of para-hydroxylation sites is 1. The van der Waals surface area contributed by atoms with Crippen molar-refractivity contribution in [1.29, 1.82) is 0 Å². The number of hydrogen-bond donors (Lipinski definition) is 1. The van der Waals surface area contributed by atoms with Gasteiger partial charge in [0.2, 0.25) is 0 Å². The van der Waals surface area contributed by atoms with E-state index in [4.69, 9.17) is 11.6 Å². The fraction of sp³-hybridized carbons (Fsp3) is 0.0833. The van der Waals surface area contributed by atoms with Crippen molar-refractivity contribution >= 4 is 34.6 Å². The van der Waals surface area contributed by atoms with Crippen molar-refractivity contribution in [2.24, 2.45) is 5.10 Å². The van der Waals surface area contributed by atoms with Gasteiger partial charge in [-0.1, -0.05) is 66.2 Å². The Balaban J connectivity index is 1.57. The number of hydrazone groups is 1. The molecule has 0 radical (unpaired) electrons. The number of aryl methyl sites for hydroxylation is 1. The third-order valence-corrected chi connectivity index (χ3v) is 5.07. The zero-order valence-corrected chi connectivity index (χ0v) is 16.7. The number of carbonyl (C=O) groups is 1. The lowest BCUT2D eigenvalue weighted by atomic mass is 10.1. The Bertz CT molecular complexity index is 1200. The lowest BCUT2D eigenvalue weighted by Crippen LogP contribution is -2.18. The first-order chi connectivity index (χ1) is 14.1. The molecule has 3 aromatic carbocycles. The number of rotatable bonds is 5. The SMILES string of the molecule is Cc1ccc(C(=O)NN=Cc2cn(Cc3ccccc3)c3ccccc23)c(Cl)c1. The molecular weight excluding hydrogens is 382 g/mol. The molecule has 0 bridgehead atoms. The van der Waals surface area contributed by atoms with Gasteiger partial charge in [-0.2, -0.15) is 5.10 Å². The number of nitrogens with one attached hydrogen (secondary N) is 1. The molecule has 5 heteroatoms. The van der Waals surface area contributed by atoms with Gasteiger partial charge in [-0.05, 0) is 36.2 Å². The summed E-state index contributed by atoms with van der Waals surface area (Å²) in [7, 11) is 0. The normalized spacial score (nSPS) is 11.2. The summed E-state index contributed by atoms with van der Waals surface area (Å²) in [5.41, 5.74) is 7.25. The Morgan fingerprint density at radius 2 is 1.83 bits per heavy atom. The average molecular weight is 402 g/mol. The van der Waals surface area contributed by atoms with Crippen LogP contribution in [0.4, 0.5) is 0 Å². The molecule has 0 unspecified atom stereocenters. The van der Waals surface area contributed by atoms with Gasteiger partial charge >= 0.3 is 0 Å². The minimum atomic E-state index is -0.334. The van der Waals surface area contributed by atoms with Crippen LogP contribution in [0.3, 0.4) is 0 Å². The molecule has 1 N–H and O–H groups in total. The molecule has 1 aromatic heterocycles. The Labute approximate surface area is 174 Å². The zero-order valence-electron chi connectivity index (χ0n) is 16.0. The molecule has 144 valence electrons. The molecule has 4 rings (SSSR count). The molecule has 0 fully saturated rings. The van der Waals surface area contributed by atoms with E-state index in [-0.39, 0.29) is 5.91 Å². The summed E-state index contributed by atoms with van der Waals surface area (Å²) < 4.78 is 2.19. The van der Waals surface area contributed by atoms with E-state index in [2.05, 4.69) is 39.4 Å². The highest BCUT2D eigenvalue weighted by Crippen LogP contribution is 2.21. The summed E-state index contributed by atoms with van der Waals surface area (Å²) in [6, 6.07) is 23.8. The standard InChI is InChI=1S/C24H20ClN3O/c1-17-11-12-21(22(25)13-17)24(29)27-26-14-19-16-28(15-18-7-3-2-4-8-18)23-10-6-5-9-20(19)23/h2-14,16H,15H2,1H3,(H,27,29). The number of nitrogens with zero attached hydrogens (tertiary/aromatic N) is 2. The monoisotopic (exact) mass is 401 g/mol. The molecule has 1 heterocycles. The zero-order chi connectivity index (χ0) is 20.2. The second-order valence-electron chi connectivity index (χ2n) is 6.90. The molecule has 0 aliphatic rings. The molecule has 1 amide bonds. The van der Waals surface area contributed by atoms with E-state index >= 15 is 0 Å². The van der Waals surface area contributed by atoms with Crippen LogP contribution in [0.25, 0.3) is 10.9 Å². The number of halogens is 1. The summed E-state index contributed by atoms with van der Waals surface area (Å²) in [5.74, 6) is -0.334. The maximum absolute atomic E-state index is 12.4. The van der Waals surface area contributed by atoms with Gasteiger partial charge in [-0.3, -0.25) is 4.79 Å². The van der Waals surface area contributed by atoms with Crippen molar-refractivity contribution in [1.82, 2.24) is 9.99 Å². The number of benzene rings is 3. The molecular formula is C24H20ClN3O. The predicted molar refractivity (Wildman–Crippen MR) is 119 cm³/mol. The van der Waals surface area contributed by atoms with Gasteiger partial charge in [0.15, 0.2) is 0 Å². The van der Waals surface area contributed by atoms with Crippen LogP contribution in [0.15, 0.2) is 84.1 Å². The Morgan fingerprint density at radius 3 is 2.62 bits per heavy atom. The first-order valence-corrected chi connectivity index (χ1v) is 9.71. The number of aromatic nitrogens is 1. The van der Waals surface area contributed by atoms with Crippen LogP contribution in [0.5, 0.6) is 0 Å². The molecule has 0 aliphatic carbocycles. The van der Waals surface area contributed by atoms with E-state index in [1.165, 1.54) is 5.56 Å². The first-order valence-electron chi connectivity index (χ1n) is 9.33. The van der Waals surface area contributed by atoms with Crippen LogP contribution < -0.4 is 5.43 Å². The van der Waals surface area contributed by atoms with E-state index in [0.717, 1.165) is 28.6 Å². The summed E-state index contributed by atoms with van der Waals surface area (Å²) in [6.07, 6.45) is 3.72. The largest absolute Gasteiger partial charge is 0.342 e. The molecule has 4 aromatic rings. The number of amides is 1. The smallest absolute Gasteiger partial charge is 0.272 e. The minimum Gasteiger partial charge on any atom is -0.342 e. The summed E-state index contributed by atoms with van der Waals surface area (Å²) in [5, 5.41) is 5.65. The molecule has 29 heavy (non-hydrogen) atoms. The van der Waals surface area contributed by atoms with Crippen molar-refractivity contribution in [2.45, 2.75) is 13.5 Å². The van der Waals surface area contributed by atoms with Crippen molar-refractivity contribution in [2.75, 3.05) is 0 Å². The third-order valence-electron chi connectivity index (χ3n) is 4.75. The van der Waals surface area contributed by atoms with Crippen LogP contribution in [0, 0.1) is 6.92 Å². The van der Waals surface area contributed by atoms with Gasteiger partial charge in [0.05, 0.1) is 16.8 Å². The molecule has 0 atom stereocenters.